The number of hydrogen-bond acceptors (Lipinski definition) is 9. The lowest BCUT2D eigenvalue weighted by Crippen LogP contribution is -2.40. The molecule has 10 heteroatoms. The normalized spacial score (nSPS) is 14.5. The first kappa shape index (κ1) is 38.7. The Balaban J connectivity index is 5.35. The van der Waals surface area contributed by atoms with E-state index in [9.17, 15) is 14.4 Å². The predicted octanol–water partition coefficient (Wildman–Crippen LogP) is 6.15. The topological polar surface area (TPSA) is 107 Å². The van der Waals surface area contributed by atoms with E-state index in [1.54, 1.807) is 19.9 Å². The fourth-order valence-electron chi connectivity index (χ4n) is 3.59. The van der Waals surface area contributed by atoms with Gasteiger partial charge in [-0.3, -0.25) is 14.4 Å². The molecule has 9 nitrogen and oxygen atoms in total. The third kappa shape index (κ3) is 15.5. The van der Waals surface area contributed by atoms with E-state index in [-0.39, 0.29) is 31.5 Å². The maximum atomic E-state index is 12.7. The van der Waals surface area contributed by atoms with Gasteiger partial charge in [-0.2, -0.15) is 0 Å². The van der Waals surface area contributed by atoms with E-state index in [0.29, 0.717) is 25.9 Å². The average molecular weight is 599 g/mol. The van der Waals surface area contributed by atoms with E-state index in [4.69, 9.17) is 28.1 Å². The van der Waals surface area contributed by atoms with Crippen LogP contribution in [0.1, 0.15) is 67.2 Å². The highest BCUT2D eigenvalue weighted by Gasteiger charge is 2.36. The minimum absolute atomic E-state index is 0.0334. The summed E-state index contributed by atoms with van der Waals surface area (Å²) >= 11 is 0. The van der Waals surface area contributed by atoms with Gasteiger partial charge in [0.05, 0.1) is 33.0 Å². The van der Waals surface area contributed by atoms with E-state index in [1.807, 2.05) is 31.2 Å². The van der Waals surface area contributed by atoms with Crippen molar-refractivity contribution in [3.05, 3.63) is 36.0 Å². The van der Waals surface area contributed by atoms with Crippen LogP contribution < -0.4 is 0 Å². The monoisotopic (exact) mass is 598 g/mol. The Morgan fingerprint density at radius 2 is 1.51 bits per heavy atom. The third-order valence-electron chi connectivity index (χ3n) is 7.10. The lowest BCUT2D eigenvalue weighted by molar-refractivity contribution is -0.162. The molecule has 0 amide bonds. The molecule has 0 radical (unpaired) electrons. The Hall–Kier alpha value is -2.27. The predicted molar refractivity (Wildman–Crippen MR) is 163 cm³/mol. The number of hydrogen-bond donors (Lipinski definition) is 0. The standard InChI is InChI=1S/C31H54O9Si/c1-11-37-29(33)26(30(34)38-12-2)19-16-17-24(3)20-21-27(39-23-35-7)25(28(32)36-8)18-14-13-15-22-40-41(9,10)31(4,5)6/h13-15,17-18,25-27H,11-12,16,19-23H2,1-10H3/b15-13+,18-14+,24-17-/t25-,27-/m0/s1. The summed E-state index contributed by atoms with van der Waals surface area (Å²) in [7, 11) is 1.05. The summed E-state index contributed by atoms with van der Waals surface area (Å²) in [6.45, 7) is 17.3. The van der Waals surface area contributed by atoms with Crippen LogP contribution in [0.2, 0.25) is 18.1 Å². The highest BCUT2D eigenvalue weighted by atomic mass is 28.4. The van der Waals surface area contributed by atoms with Gasteiger partial charge in [-0.05, 0) is 64.6 Å². The summed E-state index contributed by atoms with van der Waals surface area (Å²) in [5.74, 6) is -3.13. The lowest BCUT2D eigenvalue weighted by Gasteiger charge is -2.35. The van der Waals surface area contributed by atoms with E-state index >= 15 is 0 Å². The Kier molecular flexibility index (Phi) is 19.4. The number of ether oxygens (including phenoxy) is 5. The molecule has 0 heterocycles. The lowest BCUT2D eigenvalue weighted by atomic mass is 9.95. The fraction of sp³-hybridized carbons (Fsp3) is 0.710. The zero-order chi connectivity index (χ0) is 31.5. The van der Waals surface area contributed by atoms with Crippen molar-refractivity contribution in [1.29, 1.82) is 0 Å². The molecule has 0 saturated heterocycles. The number of rotatable bonds is 20. The first-order valence-corrected chi connectivity index (χ1v) is 17.3. The van der Waals surface area contributed by atoms with E-state index in [0.717, 1.165) is 5.57 Å². The van der Waals surface area contributed by atoms with Crippen LogP contribution in [0.25, 0.3) is 0 Å². The van der Waals surface area contributed by atoms with Gasteiger partial charge >= 0.3 is 17.9 Å². The molecule has 0 aromatic carbocycles. The van der Waals surface area contributed by atoms with E-state index in [2.05, 4.69) is 33.9 Å². The largest absolute Gasteiger partial charge is 0.468 e. The Bertz CT molecular complexity index is 853. The number of carbonyl (C=O) groups excluding carboxylic acids is 3. The molecule has 236 valence electrons. The smallest absolute Gasteiger partial charge is 0.320 e. The van der Waals surface area contributed by atoms with Crippen LogP contribution in [0.15, 0.2) is 36.0 Å². The molecule has 0 aliphatic rings. The highest BCUT2D eigenvalue weighted by molar-refractivity contribution is 6.74. The minimum atomic E-state index is -1.83. The van der Waals surface area contributed by atoms with E-state index < -0.39 is 44.2 Å². The summed E-state index contributed by atoms with van der Waals surface area (Å²) < 4.78 is 32.3. The Labute approximate surface area is 248 Å². The average Bonchev–Trinajstić information content (AvgIpc) is 2.90. The van der Waals surface area contributed by atoms with Crippen LogP contribution in [0, 0.1) is 11.8 Å². The van der Waals surface area contributed by atoms with Crippen molar-refractivity contribution in [3.63, 3.8) is 0 Å². The first-order valence-electron chi connectivity index (χ1n) is 14.4. The number of allylic oxidation sites excluding steroid dienone is 4. The van der Waals surface area contributed by atoms with Gasteiger partial charge in [-0.1, -0.05) is 56.7 Å². The van der Waals surface area contributed by atoms with Crippen molar-refractivity contribution < 1.29 is 42.5 Å². The Morgan fingerprint density at radius 1 is 0.902 bits per heavy atom. The van der Waals surface area contributed by atoms with Crippen molar-refractivity contribution in [1.82, 2.24) is 0 Å². The van der Waals surface area contributed by atoms with Gasteiger partial charge in [0, 0.05) is 7.11 Å². The van der Waals surface area contributed by atoms with Crippen LogP contribution in [0.5, 0.6) is 0 Å². The second-order valence-electron chi connectivity index (χ2n) is 11.3. The zero-order valence-corrected chi connectivity index (χ0v) is 27.9. The zero-order valence-electron chi connectivity index (χ0n) is 26.9. The summed E-state index contributed by atoms with van der Waals surface area (Å²) in [6.07, 6.45) is 10.8. The van der Waals surface area contributed by atoms with Crippen molar-refractivity contribution in [2.75, 3.05) is 40.8 Å². The van der Waals surface area contributed by atoms with Crippen LogP contribution in [0.4, 0.5) is 0 Å². The van der Waals surface area contributed by atoms with Gasteiger partial charge in [0.1, 0.15) is 12.7 Å². The van der Waals surface area contributed by atoms with Crippen molar-refractivity contribution in [2.45, 2.75) is 91.5 Å². The molecule has 0 aromatic rings. The molecule has 0 rings (SSSR count). The number of methoxy groups -OCH3 is 2. The van der Waals surface area contributed by atoms with Crippen LogP contribution in [0.3, 0.4) is 0 Å². The fourth-order valence-corrected chi connectivity index (χ4v) is 4.54. The number of carbonyl (C=O) groups is 3. The molecule has 0 spiro atoms. The second kappa shape index (κ2) is 20.6. The van der Waals surface area contributed by atoms with Gasteiger partial charge < -0.3 is 28.1 Å². The molecule has 0 N–H and O–H groups in total. The van der Waals surface area contributed by atoms with Gasteiger partial charge in [-0.25, -0.2) is 0 Å². The van der Waals surface area contributed by atoms with Crippen LogP contribution in [-0.4, -0.2) is 73.2 Å². The summed E-state index contributed by atoms with van der Waals surface area (Å²) in [6, 6.07) is 0. The quantitative estimate of drug-likeness (QED) is 0.0310. The molecule has 41 heavy (non-hydrogen) atoms. The van der Waals surface area contributed by atoms with Crippen LogP contribution in [-0.2, 0) is 42.5 Å². The first-order chi connectivity index (χ1) is 19.2. The third-order valence-corrected chi connectivity index (χ3v) is 11.6. The van der Waals surface area contributed by atoms with Crippen molar-refractivity contribution in [3.8, 4) is 0 Å². The van der Waals surface area contributed by atoms with Gasteiger partial charge in [0.15, 0.2) is 14.2 Å². The SMILES string of the molecule is CCOC(=O)C(CC/C=C(/C)CC[C@H](OCOC)[C@H](/C=C/C=C/CO[Si](C)(C)C(C)(C)C)C(=O)OC)C(=O)OCC. The molecule has 2 atom stereocenters. The minimum Gasteiger partial charge on any atom is -0.468 e. The molecular weight excluding hydrogens is 544 g/mol. The highest BCUT2D eigenvalue weighted by Crippen LogP contribution is 2.36. The molecule has 0 bridgehead atoms. The van der Waals surface area contributed by atoms with Gasteiger partial charge in [-0.15, -0.1) is 0 Å². The second-order valence-corrected chi connectivity index (χ2v) is 16.1. The Morgan fingerprint density at radius 3 is 2.02 bits per heavy atom. The molecule has 0 fully saturated rings. The molecule has 0 aliphatic heterocycles. The molecule has 0 aliphatic carbocycles. The van der Waals surface area contributed by atoms with Gasteiger partial charge in [0.2, 0.25) is 0 Å². The van der Waals surface area contributed by atoms with Gasteiger partial charge in [0.25, 0.3) is 0 Å². The summed E-state index contributed by atoms with van der Waals surface area (Å²) in [4.78, 5) is 37.1. The summed E-state index contributed by atoms with van der Waals surface area (Å²) in [5.41, 5.74) is 1.04. The maximum Gasteiger partial charge on any atom is 0.320 e. The van der Waals surface area contributed by atoms with E-state index in [1.165, 1.54) is 14.2 Å². The van der Waals surface area contributed by atoms with Crippen LogP contribution >= 0.6 is 0 Å². The molecular formula is C31H54O9Si. The van der Waals surface area contributed by atoms with Crippen molar-refractivity contribution >= 4 is 26.2 Å². The molecule has 0 unspecified atom stereocenters. The number of esters is 3. The molecule has 0 saturated carbocycles. The molecule has 0 aromatic heterocycles. The maximum absolute atomic E-state index is 12.7. The summed E-state index contributed by atoms with van der Waals surface area (Å²) in [5, 5.41) is 0.134. The van der Waals surface area contributed by atoms with Crippen molar-refractivity contribution in [2.24, 2.45) is 11.8 Å².